The summed E-state index contributed by atoms with van der Waals surface area (Å²) in [4.78, 5) is 19.8. The van der Waals surface area contributed by atoms with E-state index >= 15 is 0 Å². The Morgan fingerprint density at radius 2 is 2.07 bits per heavy atom. The Bertz CT molecular complexity index is 1190. The molecule has 0 spiro atoms. The van der Waals surface area contributed by atoms with E-state index in [1.807, 2.05) is 65.1 Å². The summed E-state index contributed by atoms with van der Waals surface area (Å²) in [7, 11) is 3.52. The molecule has 4 heterocycles. The highest BCUT2D eigenvalue weighted by Crippen LogP contribution is 2.37. The smallest absolute Gasteiger partial charge is 0.255 e. The Balaban J connectivity index is 1.44. The number of aromatic nitrogens is 4. The number of benzene rings is 1. The van der Waals surface area contributed by atoms with Gasteiger partial charge in [0.05, 0.1) is 30.6 Å². The molecule has 1 aliphatic heterocycles. The van der Waals surface area contributed by atoms with Crippen LogP contribution in [0, 0.1) is 0 Å². The molecule has 0 unspecified atom stereocenters. The van der Waals surface area contributed by atoms with Crippen molar-refractivity contribution in [3.05, 3.63) is 71.8 Å². The molecule has 0 atom stereocenters. The fraction of sp³-hybridized carbons (Fsp3) is 0.227. The lowest BCUT2D eigenvalue weighted by atomic mass is 9.99. The van der Waals surface area contributed by atoms with Crippen molar-refractivity contribution in [2.24, 2.45) is 7.05 Å². The van der Waals surface area contributed by atoms with Crippen molar-refractivity contribution in [1.29, 1.82) is 0 Å². The lowest BCUT2D eigenvalue weighted by molar-refractivity contribution is 0.0780. The van der Waals surface area contributed by atoms with Crippen LogP contribution in [0.15, 0.2) is 55.0 Å². The molecule has 5 rings (SSSR count). The Kier molecular flexibility index (Phi) is 4.08. The number of fused-ring (bicyclic) bond motifs is 2. The lowest BCUT2D eigenvalue weighted by Crippen LogP contribution is -2.26. The number of ether oxygens (including phenoxy) is 1. The number of methoxy groups -OCH3 is 1. The van der Waals surface area contributed by atoms with Gasteiger partial charge in [0.25, 0.3) is 5.91 Å². The van der Waals surface area contributed by atoms with E-state index < -0.39 is 0 Å². The van der Waals surface area contributed by atoms with Gasteiger partial charge in [0.2, 0.25) is 0 Å². The Labute approximate surface area is 168 Å². The number of nitrogens with zero attached hydrogens (tertiary/aromatic N) is 5. The summed E-state index contributed by atoms with van der Waals surface area (Å²) in [6.07, 6.45) is 6.44. The third kappa shape index (κ3) is 2.86. The van der Waals surface area contributed by atoms with Gasteiger partial charge >= 0.3 is 0 Å². The van der Waals surface area contributed by atoms with Crippen molar-refractivity contribution in [2.75, 3.05) is 13.7 Å². The highest BCUT2D eigenvalue weighted by molar-refractivity contribution is 6.05. The van der Waals surface area contributed by atoms with Crippen molar-refractivity contribution in [2.45, 2.75) is 13.0 Å². The summed E-state index contributed by atoms with van der Waals surface area (Å²) >= 11 is 0. The maximum atomic E-state index is 13.3. The minimum atomic E-state index is 0.0267. The van der Waals surface area contributed by atoms with Gasteiger partial charge in [0.1, 0.15) is 11.4 Å². The van der Waals surface area contributed by atoms with Gasteiger partial charge < -0.3 is 14.0 Å². The summed E-state index contributed by atoms with van der Waals surface area (Å²) in [5.74, 6) is 0.772. The fourth-order valence-corrected chi connectivity index (χ4v) is 4.03. The van der Waals surface area contributed by atoms with Crippen LogP contribution < -0.4 is 4.74 Å². The fourth-order valence-electron chi connectivity index (χ4n) is 4.03. The predicted octanol–water partition coefficient (Wildman–Crippen LogP) is 2.94. The molecule has 0 aliphatic carbocycles. The number of carbonyl (C=O) groups is 1. The van der Waals surface area contributed by atoms with Gasteiger partial charge in [-0.15, -0.1) is 0 Å². The highest BCUT2D eigenvalue weighted by atomic mass is 16.5. The second-order valence-corrected chi connectivity index (χ2v) is 7.18. The molecule has 1 amide bonds. The van der Waals surface area contributed by atoms with Crippen molar-refractivity contribution in [1.82, 2.24) is 24.1 Å². The van der Waals surface area contributed by atoms with Gasteiger partial charge in [-0.1, -0.05) is 6.07 Å². The zero-order chi connectivity index (χ0) is 20.0. The highest BCUT2D eigenvalue weighted by Gasteiger charge is 2.33. The van der Waals surface area contributed by atoms with Gasteiger partial charge in [-0.2, -0.15) is 5.10 Å². The van der Waals surface area contributed by atoms with Gasteiger partial charge in [0.15, 0.2) is 0 Å². The average molecular weight is 387 g/mol. The number of carbonyl (C=O) groups excluding carboxylic acids is 1. The van der Waals surface area contributed by atoms with E-state index in [2.05, 4.69) is 10.1 Å². The number of amides is 1. The molecular weight excluding hydrogens is 366 g/mol. The standard InChI is InChI=1S/C22H21N5O2/c1-25-18(8-10-23-25)16-6-7-19(29-2)17-14-27(22(28)21(16)17)12-9-15-13-26-11-4-3-5-20(26)24-15/h3-8,10-11,13H,9,12,14H2,1-2H3. The number of hydrogen-bond acceptors (Lipinski definition) is 4. The van der Waals surface area contributed by atoms with Gasteiger partial charge in [-0.3, -0.25) is 9.48 Å². The van der Waals surface area contributed by atoms with Gasteiger partial charge in [-0.25, -0.2) is 4.98 Å². The molecule has 0 saturated carbocycles. The number of aryl methyl sites for hydroxylation is 1. The second-order valence-electron chi connectivity index (χ2n) is 7.18. The number of imidazole rings is 1. The molecule has 7 heteroatoms. The van der Waals surface area contributed by atoms with E-state index in [0.717, 1.165) is 33.9 Å². The molecular formula is C22H21N5O2. The van der Waals surface area contributed by atoms with Crippen LogP contribution in [0.4, 0.5) is 0 Å². The zero-order valence-corrected chi connectivity index (χ0v) is 16.4. The number of rotatable bonds is 5. The first-order valence-electron chi connectivity index (χ1n) is 9.56. The van der Waals surface area contributed by atoms with Crippen LogP contribution in [0.1, 0.15) is 21.6 Å². The van der Waals surface area contributed by atoms with Crippen LogP contribution in [0.5, 0.6) is 5.75 Å². The zero-order valence-electron chi connectivity index (χ0n) is 16.4. The normalized spacial score (nSPS) is 13.3. The first kappa shape index (κ1) is 17.5. The van der Waals surface area contributed by atoms with Crippen LogP contribution >= 0.6 is 0 Å². The van der Waals surface area contributed by atoms with E-state index in [4.69, 9.17) is 4.74 Å². The van der Waals surface area contributed by atoms with E-state index in [1.54, 1.807) is 18.0 Å². The summed E-state index contributed by atoms with van der Waals surface area (Å²) < 4.78 is 9.33. The number of hydrogen-bond donors (Lipinski definition) is 0. The third-order valence-electron chi connectivity index (χ3n) is 5.49. The van der Waals surface area contributed by atoms with Gasteiger partial charge in [0, 0.05) is 49.7 Å². The minimum absolute atomic E-state index is 0.0267. The molecule has 1 aliphatic rings. The molecule has 0 saturated heterocycles. The number of pyridine rings is 1. The molecule has 0 bridgehead atoms. The second kappa shape index (κ2) is 6.77. The molecule has 0 radical (unpaired) electrons. The van der Waals surface area contributed by atoms with Crippen molar-refractivity contribution in [3.63, 3.8) is 0 Å². The van der Waals surface area contributed by atoms with Crippen molar-refractivity contribution in [3.8, 4) is 17.0 Å². The van der Waals surface area contributed by atoms with Crippen LogP contribution in [-0.2, 0) is 20.0 Å². The largest absolute Gasteiger partial charge is 0.496 e. The van der Waals surface area contributed by atoms with Crippen LogP contribution in [0.25, 0.3) is 16.9 Å². The topological polar surface area (TPSA) is 64.7 Å². The molecule has 3 aromatic heterocycles. The Morgan fingerprint density at radius 1 is 1.17 bits per heavy atom. The van der Waals surface area contributed by atoms with Gasteiger partial charge in [-0.05, 0) is 30.3 Å². The third-order valence-corrected chi connectivity index (χ3v) is 5.49. The Morgan fingerprint density at radius 3 is 2.83 bits per heavy atom. The van der Waals surface area contributed by atoms with Crippen molar-refractivity contribution < 1.29 is 9.53 Å². The molecule has 146 valence electrons. The maximum absolute atomic E-state index is 13.3. The predicted molar refractivity (Wildman–Crippen MR) is 109 cm³/mol. The first-order valence-corrected chi connectivity index (χ1v) is 9.56. The summed E-state index contributed by atoms with van der Waals surface area (Å²) in [5, 5.41) is 4.25. The molecule has 7 nitrogen and oxygen atoms in total. The summed E-state index contributed by atoms with van der Waals surface area (Å²) in [6, 6.07) is 11.7. The molecule has 0 fully saturated rings. The lowest BCUT2D eigenvalue weighted by Gasteiger charge is -2.14. The monoisotopic (exact) mass is 387 g/mol. The summed E-state index contributed by atoms with van der Waals surface area (Å²) in [6.45, 7) is 1.14. The van der Waals surface area contributed by atoms with Crippen LogP contribution in [-0.4, -0.2) is 43.6 Å². The van der Waals surface area contributed by atoms with Crippen LogP contribution in [0.2, 0.25) is 0 Å². The van der Waals surface area contributed by atoms with E-state index in [-0.39, 0.29) is 5.91 Å². The maximum Gasteiger partial charge on any atom is 0.255 e. The van der Waals surface area contributed by atoms with E-state index in [0.29, 0.717) is 25.1 Å². The molecule has 29 heavy (non-hydrogen) atoms. The SMILES string of the molecule is COc1ccc(-c2ccnn2C)c2c1CN(CCc1cn3ccccc3n1)C2=O. The van der Waals surface area contributed by atoms with E-state index in [9.17, 15) is 4.79 Å². The Hall–Kier alpha value is -3.61. The molecule has 4 aromatic rings. The minimum Gasteiger partial charge on any atom is -0.496 e. The average Bonchev–Trinajstić information content (AvgIpc) is 3.43. The molecule has 1 aromatic carbocycles. The molecule has 0 N–H and O–H groups in total. The first-order chi connectivity index (χ1) is 14.2. The van der Waals surface area contributed by atoms with Crippen LogP contribution in [0.3, 0.4) is 0 Å². The quantitative estimate of drug-likeness (QED) is 0.528. The van der Waals surface area contributed by atoms with Crippen molar-refractivity contribution >= 4 is 11.6 Å². The summed E-state index contributed by atoms with van der Waals surface area (Å²) in [5.41, 5.74) is 5.34. The van der Waals surface area contributed by atoms with E-state index in [1.165, 1.54) is 0 Å².